The third kappa shape index (κ3) is 2.77. The zero-order chi connectivity index (χ0) is 22.7. The highest BCUT2D eigenvalue weighted by atomic mass is 79.9. The van der Waals surface area contributed by atoms with E-state index in [4.69, 9.17) is 0 Å². The Labute approximate surface area is 200 Å². The number of piperazine rings is 1. The van der Waals surface area contributed by atoms with E-state index in [-0.39, 0.29) is 11.8 Å². The molecular formula is C27H22BrN3O2. The molecule has 3 aliphatic rings. The lowest BCUT2D eigenvalue weighted by Gasteiger charge is -2.54. The second-order valence-electron chi connectivity index (χ2n) is 8.80. The van der Waals surface area contributed by atoms with Crippen molar-refractivity contribution >= 4 is 33.4 Å². The van der Waals surface area contributed by atoms with E-state index >= 15 is 0 Å². The maximum absolute atomic E-state index is 14.2. The molecule has 3 aromatic rings. The van der Waals surface area contributed by atoms with Crippen LogP contribution in [0.15, 0.2) is 95.0 Å². The quantitative estimate of drug-likeness (QED) is 0.553. The molecule has 1 N–H and O–H groups in total. The van der Waals surface area contributed by atoms with E-state index in [0.29, 0.717) is 6.54 Å². The maximum Gasteiger partial charge on any atom is 0.252 e. The molecule has 6 rings (SSSR count). The summed E-state index contributed by atoms with van der Waals surface area (Å²) in [6, 6.07) is 25.1. The molecule has 0 aliphatic carbocycles. The first-order valence-electron chi connectivity index (χ1n) is 11.0. The molecule has 3 heterocycles. The van der Waals surface area contributed by atoms with Crippen LogP contribution < -0.4 is 5.32 Å². The summed E-state index contributed by atoms with van der Waals surface area (Å²) < 4.78 is 0.875. The highest BCUT2D eigenvalue weighted by Gasteiger charge is 2.65. The van der Waals surface area contributed by atoms with Gasteiger partial charge in [-0.1, -0.05) is 76.6 Å². The zero-order valence-corrected chi connectivity index (χ0v) is 19.6. The zero-order valence-electron chi connectivity index (χ0n) is 18.0. The molecule has 0 saturated carbocycles. The van der Waals surface area contributed by atoms with Gasteiger partial charge in [0.15, 0.2) is 0 Å². The number of amides is 2. The Balaban J connectivity index is 1.59. The number of rotatable bonds is 3. The monoisotopic (exact) mass is 499 g/mol. The lowest BCUT2D eigenvalue weighted by molar-refractivity contribution is -0.163. The molecule has 164 valence electrons. The number of nitrogens with zero attached hydrogens (tertiary/aromatic N) is 2. The van der Waals surface area contributed by atoms with Crippen LogP contribution in [0, 0.1) is 0 Å². The molecule has 3 aromatic carbocycles. The predicted octanol–water partition coefficient (Wildman–Crippen LogP) is 4.97. The first-order chi connectivity index (χ1) is 16.0. The van der Waals surface area contributed by atoms with Gasteiger partial charge in [-0.05, 0) is 41.8 Å². The van der Waals surface area contributed by atoms with Gasteiger partial charge in [-0.3, -0.25) is 9.59 Å². The van der Waals surface area contributed by atoms with Gasteiger partial charge in [-0.2, -0.15) is 0 Å². The van der Waals surface area contributed by atoms with Gasteiger partial charge in [0.2, 0.25) is 5.91 Å². The number of halogens is 1. The van der Waals surface area contributed by atoms with Crippen molar-refractivity contribution in [2.24, 2.45) is 0 Å². The minimum Gasteiger partial charge on any atom is -0.362 e. The van der Waals surface area contributed by atoms with Crippen LogP contribution in [0.1, 0.15) is 29.7 Å². The van der Waals surface area contributed by atoms with Gasteiger partial charge < -0.3 is 15.1 Å². The highest BCUT2D eigenvalue weighted by Crippen LogP contribution is 2.57. The minimum absolute atomic E-state index is 0.0886. The Morgan fingerprint density at radius 1 is 0.970 bits per heavy atom. The summed E-state index contributed by atoms with van der Waals surface area (Å²) in [6.45, 7) is 2.45. The second kappa shape index (κ2) is 7.32. The number of hydrogen-bond donors (Lipinski definition) is 1. The fourth-order valence-corrected chi connectivity index (χ4v) is 6.12. The molecule has 1 fully saturated rings. The predicted molar refractivity (Wildman–Crippen MR) is 130 cm³/mol. The standard InChI is InChI=1S/C27H22BrN3O2/c1-17-14-23(32)31-24(19-10-7-11-20(28)15-19)25(33)30(16-18-8-3-2-4-9-18)26-27(17,31)21-12-5-6-13-22(21)29-26/h2-15,24,26,29H,16H2,1H3. The first kappa shape index (κ1) is 20.2. The van der Waals surface area contributed by atoms with Gasteiger partial charge in [-0.15, -0.1) is 0 Å². The van der Waals surface area contributed by atoms with Crippen molar-refractivity contribution in [1.29, 1.82) is 0 Å². The van der Waals surface area contributed by atoms with Crippen LogP contribution in [0.4, 0.5) is 5.69 Å². The van der Waals surface area contributed by atoms with Crippen LogP contribution in [0.5, 0.6) is 0 Å². The van der Waals surface area contributed by atoms with E-state index in [1.54, 1.807) is 11.0 Å². The topological polar surface area (TPSA) is 52.7 Å². The van der Waals surface area contributed by atoms with E-state index < -0.39 is 17.7 Å². The SMILES string of the molecule is CC1=CC(=O)N2C(c3cccc(Br)c3)C(=O)N(Cc3ccccc3)C3Nc4ccccc4C132. The van der Waals surface area contributed by atoms with Crippen LogP contribution in [0.3, 0.4) is 0 Å². The summed E-state index contributed by atoms with van der Waals surface area (Å²) in [5.74, 6) is -0.219. The molecule has 0 aromatic heterocycles. The number of hydrogen-bond acceptors (Lipinski definition) is 3. The number of para-hydroxylation sites is 1. The normalized spacial score (nSPS) is 25.3. The number of carbonyl (C=O) groups excluding carboxylic acids is 2. The number of fused-ring (bicyclic) bond motifs is 1. The Hall–Kier alpha value is -3.38. The van der Waals surface area contributed by atoms with E-state index in [1.165, 1.54) is 0 Å². The summed E-state index contributed by atoms with van der Waals surface area (Å²) in [4.78, 5) is 31.4. The van der Waals surface area contributed by atoms with Gasteiger partial charge in [0, 0.05) is 28.3 Å². The number of anilines is 1. The van der Waals surface area contributed by atoms with Crippen LogP contribution >= 0.6 is 15.9 Å². The van der Waals surface area contributed by atoms with Gasteiger partial charge in [0.25, 0.3) is 5.91 Å². The molecular weight excluding hydrogens is 478 g/mol. The van der Waals surface area contributed by atoms with Gasteiger partial charge in [0.05, 0.1) is 0 Å². The Morgan fingerprint density at radius 2 is 1.73 bits per heavy atom. The summed E-state index contributed by atoms with van der Waals surface area (Å²) in [6.07, 6.45) is 1.30. The van der Waals surface area contributed by atoms with Crippen LogP contribution in [0.2, 0.25) is 0 Å². The minimum atomic E-state index is -0.761. The third-order valence-corrected chi connectivity index (χ3v) is 7.52. The van der Waals surface area contributed by atoms with Crippen molar-refractivity contribution < 1.29 is 9.59 Å². The van der Waals surface area contributed by atoms with Crippen molar-refractivity contribution in [3.05, 3.63) is 112 Å². The smallest absolute Gasteiger partial charge is 0.252 e. The number of benzene rings is 3. The first-order valence-corrected chi connectivity index (χ1v) is 11.8. The summed E-state index contributed by atoms with van der Waals surface area (Å²) >= 11 is 3.54. The molecule has 3 aliphatic heterocycles. The van der Waals surface area contributed by atoms with Crippen molar-refractivity contribution in [3.63, 3.8) is 0 Å². The van der Waals surface area contributed by atoms with Crippen LogP contribution in [-0.2, 0) is 21.7 Å². The summed E-state index contributed by atoms with van der Waals surface area (Å²) in [7, 11) is 0. The molecule has 1 saturated heterocycles. The summed E-state index contributed by atoms with van der Waals surface area (Å²) in [5, 5.41) is 3.59. The molecule has 5 nitrogen and oxygen atoms in total. The second-order valence-corrected chi connectivity index (χ2v) is 9.72. The van der Waals surface area contributed by atoms with Crippen LogP contribution in [-0.4, -0.2) is 27.8 Å². The number of nitrogens with one attached hydrogen (secondary N) is 1. The fraction of sp³-hybridized carbons (Fsp3) is 0.185. The molecule has 6 heteroatoms. The maximum atomic E-state index is 14.2. The lowest BCUT2D eigenvalue weighted by Crippen LogP contribution is -2.68. The Morgan fingerprint density at radius 3 is 2.52 bits per heavy atom. The molecule has 1 spiro atoms. The largest absolute Gasteiger partial charge is 0.362 e. The van der Waals surface area contributed by atoms with Crippen molar-refractivity contribution in [1.82, 2.24) is 9.80 Å². The molecule has 3 unspecified atom stereocenters. The third-order valence-electron chi connectivity index (χ3n) is 7.03. The van der Waals surface area contributed by atoms with Gasteiger partial charge in [0.1, 0.15) is 17.7 Å². The Bertz CT molecular complexity index is 1320. The average Bonchev–Trinajstić information content (AvgIpc) is 3.29. The van der Waals surface area contributed by atoms with Gasteiger partial charge in [-0.25, -0.2) is 0 Å². The molecule has 3 atom stereocenters. The molecule has 33 heavy (non-hydrogen) atoms. The molecule has 0 radical (unpaired) electrons. The van der Waals surface area contributed by atoms with E-state index in [1.807, 2.05) is 84.6 Å². The number of carbonyl (C=O) groups is 2. The lowest BCUT2D eigenvalue weighted by atomic mass is 9.78. The van der Waals surface area contributed by atoms with Crippen molar-refractivity contribution in [2.75, 3.05) is 5.32 Å². The fourth-order valence-electron chi connectivity index (χ4n) is 5.71. The van der Waals surface area contributed by atoms with E-state index in [0.717, 1.165) is 32.4 Å². The van der Waals surface area contributed by atoms with E-state index in [2.05, 4.69) is 27.3 Å². The summed E-state index contributed by atoms with van der Waals surface area (Å²) in [5.41, 5.74) is 4.01. The van der Waals surface area contributed by atoms with Crippen LogP contribution in [0.25, 0.3) is 0 Å². The van der Waals surface area contributed by atoms with Crippen molar-refractivity contribution in [3.8, 4) is 0 Å². The highest BCUT2D eigenvalue weighted by molar-refractivity contribution is 9.10. The van der Waals surface area contributed by atoms with E-state index in [9.17, 15) is 9.59 Å². The average molecular weight is 500 g/mol. The van der Waals surface area contributed by atoms with Crippen molar-refractivity contribution in [2.45, 2.75) is 31.2 Å². The molecule has 0 bridgehead atoms. The van der Waals surface area contributed by atoms with Gasteiger partial charge >= 0.3 is 0 Å². The Kier molecular flexibility index (Phi) is 4.49. The molecule has 2 amide bonds.